The first-order valence-electron chi connectivity index (χ1n) is 5.69. The van der Waals surface area contributed by atoms with Gasteiger partial charge in [0.05, 0.1) is 0 Å². The molecule has 0 radical (unpaired) electrons. The molecule has 82 valence electrons. The number of nitrogens with one attached hydrogen (secondary N) is 1. The Morgan fingerprint density at radius 1 is 1.20 bits per heavy atom. The number of phenols is 1. The molecule has 3 atom stereocenters. The smallest absolute Gasteiger partial charge is 0.115 e. The summed E-state index contributed by atoms with van der Waals surface area (Å²) in [4.78, 5) is 0. The first-order chi connectivity index (χ1) is 7.16. The lowest BCUT2D eigenvalue weighted by Gasteiger charge is -2.34. The van der Waals surface area contributed by atoms with Gasteiger partial charge < -0.3 is 10.4 Å². The molecule has 0 saturated carbocycles. The van der Waals surface area contributed by atoms with Gasteiger partial charge in [0.15, 0.2) is 0 Å². The first-order valence-corrected chi connectivity index (χ1v) is 5.69. The van der Waals surface area contributed by atoms with E-state index >= 15 is 0 Å². The number of hydrogen-bond acceptors (Lipinski definition) is 2. The van der Waals surface area contributed by atoms with Crippen molar-refractivity contribution in [1.29, 1.82) is 0 Å². The molecule has 0 bridgehead atoms. The van der Waals surface area contributed by atoms with Crippen molar-refractivity contribution in [2.24, 2.45) is 5.92 Å². The Bertz CT molecular complexity index is 320. The van der Waals surface area contributed by atoms with Gasteiger partial charge in [0.1, 0.15) is 5.75 Å². The normalized spacial score (nSPS) is 31.5. The molecule has 1 saturated heterocycles. The van der Waals surface area contributed by atoms with Crippen LogP contribution in [0.3, 0.4) is 0 Å². The summed E-state index contributed by atoms with van der Waals surface area (Å²) in [6.07, 6.45) is 1.24. The van der Waals surface area contributed by atoms with E-state index in [4.69, 9.17) is 0 Å². The van der Waals surface area contributed by atoms with E-state index < -0.39 is 0 Å². The van der Waals surface area contributed by atoms with Crippen molar-refractivity contribution in [3.63, 3.8) is 0 Å². The lowest BCUT2D eigenvalue weighted by atomic mass is 9.81. The molecule has 0 aromatic heterocycles. The zero-order valence-electron chi connectivity index (χ0n) is 9.40. The largest absolute Gasteiger partial charge is 0.508 e. The number of aromatic hydroxyl groups is 1. The van der Waals surface area contributed by atoms with E-state index in [1.54, 1.807) is 12.1 Å². The molecule has 3 unspecified atom stereocenters. The van der Waals surface area contributed by atoms with Gasteiger partial charge >= 0.3 is 0 Å². The molecule has 1 fully saturated rings. The van der Waals surface area contributed by atoms with Gasteiger partial charge in [-0.2, -0.15) is 0 Å². The number of rotatable bonds is 1. The van der Waals surface area contributed by atoms with Crippen LogP contribution in [-0.4, -0.2) is 17.7 Å². The molecule has 0 spiro atoms. The van der Waals surface area contributed by atoms with E-state index in [-0.39, 0.29) is 0 Å². The van der Waals surface area contributed by atoms with Gasteiger partial charge in [0, 0.05) is 6.04 Å². The second-order valence-corrected chi connectivity index (χ2v) is 4.74. The summed E-state index contributed by atoms with van der Waals surface area (Å²) in [7, 11) is 0. The molecule has 0 amide bonds. The van der Waals surface area contributed by atoms with Crippen molar-refractivity contribution in [2.45, 2.75) is 32.2 Å². The summed E-state index contributed by atoms with van der Waals surface area (Å²) >= 11 is 0. The molecule has 2 N–H and O–H groups in total. The molecule has 1 aliphatic heterocycles. The van der Waals surface area contributed by atoms with Gasteiger partial charge in [0.2, 0.25) is 0 Å². The Morgan fingerprint density at radius 3 is 2.53 bits per heavy atom. The molecule has 15 heavy (non-hydrogen) atoms. The van der Waals surface area contributed by atoms with Gasteiger partial charge in [0.25, 0.3) is 0 Å². The average molecular weight is 205 g/mol. The molecule has 2 heteroatoms. The molecule has 1 aromatic carbocycles. The minimum Gasteiger partial charge on any atom is -0.508 e. The highest BCUT2D eigenvalue weighted by molar-refractivity contribution is 5.29. The van der Waals surface area contributed by atoms with Crippen LogP contribution in [0.5, 0.6) is 5.75 Å². The zero-order valence-corrected chi connectivity index (χ0v) is 9.40. The SMILES string of the molecule is CC1CNC(C)C(c2ccc(O)cc2)C1. The van der Waals surface area contributed by atoms with Crippen LogP contribution >= 0.6 is 0 Å². The molecule has 0 aliphatic carbocycles. The molecule has 2 rings (SSSR count). The van der Waals surface area contributed by atoms with Crippen molar-refractivity contribution in [2.75, 3.05) is 6.54 Å². The van der Waals surface area contributed by atoms with E-state index in [0.29, 0.717) is 17.7 Å². The fourth-order valence-electron chi connectivity index (χ4n) is 2.40. The molecular weight excluding hydrogens is 186 g/mol. The minimum atomic E-state index is 0.350. The Kier molecular flexibility index (Phi) is 2.96. The van der Waals surface area contributed by atoms with Gasteiger partial charge in [-0.15, -0.1) is 0 Å². The van der Waals surface area contributed by atoms with E-state index in [2.05, 4.69) is 19.2 Å². The topological polar surface area (TPSA) is 32.3 Å². The highest BCUT2D eigenvalue weighted by atomic mass is 16.3. The Morgan fingerprint density at radius 2 is 1.87 bits per heavy atom. The summed E-state index contributed by atoms with van der Waals surface area (Å²) in [6.45, 7) is 5.64. The van der Waals surface area contributed by atoms with Crippen LogP contribution in [-0.2, 0) is 0 Å². The third-order valence-electron chi connectivity index (χ3n) is 3.37. The molecule has 1 aromatic rings. The monoisotopic (exact) mass is 205 g/mol. The third kappa shape index (κ3) is 2.32. The summed E-state index contributed by atoms with van der Waals surface area (Å²) in [5, 5.41) is 12.8. The van der Waals surface area contributed by atoms with Crippen molar-refractivity contribution < 1.29 is 5.11 Å². The quantitative estimate of drug-likeness (QED) is 0.738. The van der Waals surface area contributed by atoms with Gasteiger partial charge in [-0.1, -0.05) is 19.1 Å². The Labute approximate surface area is 91.3 Å². The van der Waals surface area contributed by atoms with Gasteiger partial charge in [-0.25, -0.2) is 0 Å². The van der Waals surface area contributed by atoms with Crippen LogP contribution in [0.15, 0.2) is 24.3 Å². The van der Waals surface area contributed by atoms with Crippen LogP contribution in [0.25, 0.3) is 0 Å². The summed E-state index contributed by atoms with van der Waals surface area (Å²) < 4.78 is 0. The molecule has 2 nitrogen and oxygen atoms in total. The van der Waals surface area contributed by atoms with Gasteiger partial charge in [-0.3, -0.25) is 0 Å². The fourth-order valence-corrected chi connectivity index (χ4v) is 2.40. The highest BCUT2D eigenvalue weighted by Gasteiger charge is 2.25. The predicted molar refractivity (Wildman–Crippen MR) is 62.1 cm³/mol. The second kappa shape index (κ2) is 4.23. The lowest BCUT2D eigenvalue weighted by molar-refractivity contribution is 0.300. The molecular formula is C13H19NO. The number of benzene rings is 1. The van der Waals surface area contributed by atoms with Crippen molar-refractivity contribution >= 4 is 0 Å². The molecule has 1 aliphatic rings. The highest BCUT2D eigenvalue weighted by Crippen LogP contribution is 2.31. The number of phenolic OH excluding ortho intramolecular Hbond substituents is 1. The lowest BCUT2D eigenvalue weighted by Crippen LogP contribution is -2.41. The van der Waals surface area contributed by atoms with Gasteiger partial charge in [-0.05, 0) is 49.4 Å². The number of piperidine rings is 1. The van der Waals surface area contributed by atoms with Crippen molar-refractivity contribution in [3.8, 4) is 5.75 Å². The van der Waals surface area contributed by atoms with Crippen LogP contribution in [0.2, 0.25) is 0 Å². The summed E-state index contributed by atoms with van der Waals surface area (Å²) in [6, 6.07) is 8.17. The summed E-state index contributed by atoms with van der Waals surface area (Å²) in [5.41, 5.74) is 1.33. The van der Waals surface area contributed by atoms with Crippen LogP contribution < -0.4 is 5.32 Å². The van der Waals surface area contributed by atoms with Crippen molar-refractivity contribution in [1.82, 2.24) is 5.32 Å². The first kappa shape index (κ1) is 10.5. The Hall–Kier alpha value is -1.02. The van der Waals surface area contributed by atoms with Crippen LogP contribution in [0, 0.1) is 5.92 Å². The maximum absolute atomic E-state index is 9.26. The maximum Gasteiger partial charge on any atom is 0.115 e. The zero-order chi connectivity index (χ0) is 10.8. The standard InChI is InChI=1S/C13H19NO/c1-9-7-13(10(2)14-8-9)11-3-5-12(15)6-4-11/h3-6,9-10,13-15H,7-8H2,1-2H3. The number of hydrogen-bond donors (Lipinski definition) is 2. The van der Waals surface area contributed by atoms with E-state index in [1.165, 1.54) is 12.0 Å². The third-order valence-corrected chi connectivity index (χ3v) is 3.37. The van der Waals surface area contributed by atoms with E-state index in [0.717, 1.165) is 12.5 Å². The minimum absolute atomic E-state index is 0.350. The van der Waals surface area contributed by atoms with E-state index in [1.807, 2.05) is 12.1 Å². The Balaban J connectivity index is 2.17. The summed E-state index contributed by atoms with van der Waals surface area (Å²) in [5.74, 6) is 1.66. The average Bonchev–Trinajstić information content (AvgIpc) is 2.23. The van der Waals surface area contributed by atoms with Crippen LogP contribution in [0.4, 0.5) is 0 Å². The fraction of sp³-hybridized carbons (Fsp3) is 0.538. The molecule has 1 heterocycles. The van der Waals surface area contributed by atoms with Crippen LogP contribution in [0.1, 0.15) is 31.7 Å². The second-order valence-electron chi connectivity index (χ2n) is 4.74. The predicted octanol–water partition coefficient (Wildman–Crippen LogP) is 2.49. The van der Waals surface area contributed by atoms with Crippen molar-refractivity contribution in [3.05, 3.63) is 29.8 Å². The maximum atomic E-state index is 9.26. The van der Waals surface area contributed by atoms with E-state index in [9.17, 15) is 5.11 Å².